The summed E-state index contributed by atoms with van der Waals surface area (Å²) in [6.45, 7) is 13.9. The largest absolute Gasteiger partial charge is 0.491 e. The predicted octanol–water partition coefficient (Wildman–Crippen LogP) is 7.60. The number of hydrogen-bond acceptors (Lipinski definition) is 8. The van der Waals surface area contributed by atoms with Gasteiger partial charge in [0.2, 0.25) is 0 Å². The Morgan fingerprint density at radius 3 is 2.51 bits per heavy atom. The average Bonchev–Trinajstić information content (AvgIpc) is 3.35. The lowest BCUT2D eigenvalue weighted by molar-refractivity contribution is -0.139. The molecule has 11 heteroatoms. The molecule has 3 aromatic carbocycles. The van der Waals surface area contributed by atoms with Gasteiger partial charge in [0.15, 0.2) is 16.3 Å². The van der Waals surface area contributed by atoms with Crippen LogP contribution in [0.5, 0.6) is 17.2 Å². The maximum Gasteiger partial charge on any atom is 0.338 e. The molecule has 0 saturated carbocycles. The maximum absolute atomic E-state index is 14.3. The van der Waals surface area contributed by atoms with E-state index in [0.29, 0.717) is 60.9 Å². The fraction of sp³-hybridized carbons (Fsp3) is 0.289. The quantitative estimate of drug-likeness (QED) is 0.104. The number of nitrogens with zero attached hydrogens (tertiary/aromatic N) is 2. The van der Waals surface area contributed by atoms with Gasteiger partial charge in [-0.15, -0.1) is 6.58 Å². The van der Waals surface area contributed by atoms with Crippen molar-refractivity contribution in [2.24, 2.45) is 4.99 Å². The second-order valence-electron chi connectivity index (χ2n) is 11.5. The van der Waals surface area contributed by atoms with E-state index >= 15 is 0 Å². The van der Waals surface area contributed by atoms with Gasteiger partial charge in [0.1, 0.15) is 18.4 Å². The van der Waals surface area contributed by atoms with Crippen LogP contribution in [0.2, 0.25) is 10.0 Å². The van der Waals surface area contributed by atoms with E-state index in [0.717, 1.165) is 16.7 Å². The molecule has 1 aliphatic heterocycles. The number of esters is 1. The molecule has 0 bridgehead atoms. The maximum atomic E-state index is 14.3. The number of fused-ring (bicyclic) bond motifs is 1. The zero-order chi connectivity index (χ0) is 35.2. The number of halogens is 2. The summed E-state index contributed by atoms with van der Waals surface area (Å²) in [4.78, 5) is 32.9. The highest BCUT2D eigenvalue weighted by molar-refractivity contribution is 7.07. The Bertz CT molecular complexity index is 2100. The molecule has 1 aromatic heterocycles. The van der Waals surface area contributed by atoms with E-state index in [1.807, 2.05) is 63.2 Å². The minimum absolute atomic E-state index is 0.132. The topological polar surface area (TPSA) is 88.4 Å². The minimum atomic E-state index is -0.807. The van der Waals surface area contributed by atoms with Crippen LogP contribution >= 0.6 is 34.5 Å². The van der Waals surface area contributed by atoms with Crippen molar-refractivity contribution >= 4 is 46.6 Å². The molecule has 0 amide bonds. The number of para-hydroxylation sites is 1. The summed E-state index contributed by atoms with van der Waals surface area (Å²) < 4.78 is 25.9. The number of thiazole rings is 1. The molecule has 0 saturated heterocycles. The molecular weight excluding hydrogens is 683 g/mol. The molecule has 4 aromatic rings. The van der Waals surface area contributed by atoms with Gasteiger partial charge in [0.25, 0.3) is 5.56 Å². The molecule has 1 atom stereocenters. The van der Waals surface area contributed by atoms with Crippen molar-refractivity contribution in [3.8, 4) is 17.2 Å². The van der Waals surface area contributed by atoms with Crippen LogP contribution in [0.25, 0.3) is 6.08 Å². The third-order valence-corrected chi connectivity index (χ3v) is 9.17. The summed E-state index contributed by atoms with van der Waals surface area (Å²) in [6.07, 6.45) is 3.94. The van der Waals surface area contributed by atoms with Gasteiger partial charge in [0.05, 0.1) is 35.1 Å². The van der Waals surface area contributed by atoms with Crippen LogP contribution in [0.4, 0.5) is 0 Å². The van der Waals surface area contributed by atoms with Crippen LogP contribution < -0.4 is 29.1 Å². The van der Waals surface area contributed by atoms with Gasteiger partial charge in [-0.3, -0.25) is 9.36 Å². The van der Waals surface area contributed by atoms with Crippen molar-refractivity contribution in [3.63, 3.8) is 0 Å². The van der Waals surface area contributed by atoms with E-state index in [1.54, 1.807) is 42.7 Å². The normalized spacial score (nSPS) is 14.4. The highest BCUT2D eigenvalue weighted by Crippen LogP contribution is 2.37. The summed E-state index contributed by atoms with van der Waals surface area (Å²) in [6, 6.07) is 15.7. The van der Waals surface area contributed by atoms with Crippen LogP contribution in [0, 0.1) is 0 Å². The highest BCUT2D eigenvalue weighted by Gasteiger charge is 2.35. The summed E-state index contributed by atoms with van der Waals surface area (Å²) in [5.74, 6) is 1.11. The first kappa shape index (κ1) is 36.0. The first-order chi connectivity index (χ1) is 23.6. The van der Waals surface area contributed by atoms with Gasteiger partial charge in [-0.1, -0.05) is 64.9 Å². The van der Waals surface area contributed by atoms with Crippen molar-refractivity contribution < 1.29 is 23.7 Å². The number of carbonyl (C=O) groups excluding carboxylic acids is 1. The number of benzene rings is 3. The monoisotopic (exact) mass is 720 g/mol. The molecule has 0 radical (unpaired) electrons. The minimum Gasteiger partial charge on any atom is -0.491 e. The van der Waals surface area contributed by atoms with Crippen molar-refractivity contribution in [1.82, 2.24) is 4.57 Å². The van der Waals surface area contributed by atoms with E-state index in [9.17, 15) is 9.59 Å². The number of hydrogen-bond donors (Lipinski definition) is 0. The third kappa shape index (κ3) is 7.96. The van der Waals surface area contributed by atoms with Gasteiger partial charge < -0.3 is 18.9 Å². The van der Waals surface area contributed by atoms with E-state index in [2.05, 4.69) is 6.58 Å². The lowest BCUT2D eigenvalue weighted by Gasteiger charge is -2.26. The highest BCUT2D eigenvalue weighted by atomic mass is 35.5. The van der Waals surface area contributed by atoms with Crippen LogP contribution in [-0.4, -0.2) is 29.9 Å². The molecule has 0 aliphatic carbocycles. The molecule has 0 spiro atoms. The Balaban J connectivity index is 1.65. The number of ether oxygens (including phenoxy) is 4. The fourth-order valence-electron chi connectivity index (χ4n) is 5.59. The molecule has 1 aliphatic rings. The SMILES string of the molecule is C=CCc1cc(/C=c2/sc3n(c2=O)[C@H](c2ccccc2OC(C)C)C(C(=O)OCC)=C(C)N=3)cc(OCC)c1OCc1ccc(Cl)cc1Cl. The molecule has 0 N–H and O–H groups in total. The molecule has 5 rings (SSSR count). The van der Waals surface area contributed by atoms with Crippen molar-refractivity contribution in [2.75, 3.05) is 13.2 Å². The van der Waals surface area contributed by atoms with Crippen LogP contribution in [0.3, 0.4) is 0 Å². The Morgan fingerprint density at radius 2 is 1.82 bits per heavy atom. The second kappa shape index (κ2) is 15.9. The first-order valence-corrected chi connectivity index (χ1v) is 17.6. The number of allylic oxidation sites excluding steroid dienone is 2. The van der Waals surface area contributed by atoms with E-state index in [-0.39, 0.29) is 30.5 Å². The lowest BCUT2D eigenvalue weighted by atomic mass is 9.95. The van der Waals surface area contributed by atoms with Crippen molar-refractivity contribution in [3.05, 3.63) is 131 Å². The second-order valence-corrected chi connectivity index (χ2v) is 13.3. The van der Waals surface area contributed by atoms with E-state index in [4.69, 9.17) is 47.1 Å². The fourth-order valence-corrected chi connectivity index (χ4v) is 7.10. The molecule has 256 valence electrons. The van der Waals surface area contributed by atoms with Gasteiger partial charge in [0, 0.05) is 26.7 Å². The first-order valence-electron chi connectivity index (χ1n) is 16.0. The Hall–Kier alpha value is -4.31. The third-order valence-electron chi connectivity index (χ3n) is 7.60. The van der Waals surface area contributed by atoms with Gasteiger partial charge >= 0.3 is 5.97 Å². The van der Waals surface area contributed by atoms with Crippen molar-refractivity contribution in [2.45, 2.75) is 59.8 Å². The zero-order valence-corrected chi connectivity index (χ0v) is 30.4. The van der Waals surface area contributed by atoms with Crippen molar-refractivity contribution in [1.29, 1.82) is 0 Å². The van der Waals surface area contributed by atoms with E-state index < -0.39 is 12.0 Å². The van der Waals surface area contributed by atoms with E-state index in [1.165, 1.54) is 11.3 Å². The number of rotatable bonds is 13. The summed E-state index contributed by atoms with van der Waals surface area (Å²) in [5, 5.41) is 1.04. The average molecular weight is 722 g/mol. The lowest BCUT2D eigenvalue weighted by Crippen LogP contribution is -2.40. The molecule has 0 fully saturated rings. The molecule has 0 unspecified atom stereocenters. The Labute approximate surface area is 299 Å². The standard InChI is InChI=1S/C38H38Cl2N2O6S/c1-7-12-25-17-24(18-31(45-8-2)35(25)47-21-26-15-16-27(39)20-29(26)40)19-32-36(43)42-34(28-13-10-11-14-30(28)48-22(4)5)33(37(44)46-9-3)23(6)41-38(42)49-32/h7,10-11,13-20,22,34H,1,8-9,12,21H2,2-6H3/b32-19+/t34-/m1/s1. The van der Waals surface area contributed by atoms with Crippen LogP contribution in [0.1, 0.15) is 62.9 Å². The van der Waals surface area contributed by atoms with Gasteiger partial charge in [-0.2, -0.15) is 0 Å². The van der Waals surface area contributed by atoms with Gasteiger partial charge in [-0.25, -0.2) is 9.79 Å². The molecule has 8 nitrogen and oxygen atoms in total. The van der Waals surface area contributed by atoms with Gasteiger partial charge in [-0.05, 0) is 83.0 Å². The summed E-state index contributed by atoms with van der Waals surface area (Å²) >= 11 is 13.7. The molecule has 2 heterocycles. The zero-order valence-electron chi connectivity index (χ0n) is 28.0. The Morgan fingerprint density at radius 1 is 1.04 bits per heavy atom. The predicted molar refractivity (Wildman–Crippen MR) is 195 cm³/mol. The number of aromatic nitrogens is 1. The Kier molecular flexibility index (Phi) is 11.7. The smallest absolute Gasteiger partial charge is 0.338 e. The molecule has 49 heavy (non-hydrogen) atoms. The van der Waals surface area contributed by atoms with Crippen LogP contribution in [0.15, 0.2) is 88.3 Å². The number of carbonyl (C=O) groups is 1. The molecular formula is C38H38Cl2N2O6S. The summed E-state index contributed by atoms with van der Waals surface area (Å²) in [5.41, 5.74) is 3.45. The van der Waals surface area contributed by atoms with Crippen LogP contribution in [-0.2, 0) is 22.6 Å². The summed E-state index contributed by atoms with van der Waals surface area (Å²) in [7, 11) is 0.